The summed E-state index contributed by atoms with van der Waals surface area (Å²) in [6.07, 6.45) is 5.46. The van der Waals surface area contributed by atoms with Crippen molar-refractivity contribution in [2.45, 2.75) is 36.6 Å². The van der Waals surface area contributed by atoms with Gasteiger partial charge in [-0.1, -0.05) is 18.0 Å². The van der Waals surface area contributed by atoms with Gasteiger partial charge in [0, 0.05) is 16.0 Å². The Hall–Kier alpha value is -0.180. The molecule has 0 aromatic heterocycles. The minimum atomic E-state index is 0.751. The van der Waals surface area contributed by atoms with Crippen LogP contribution in [0.3, 0.4) is 0 Å². The molecular formula is C14H20ClNS. The van der Waals surface area contributed by atoms with Crippen molar-refractivity contribution >= 4 is 23.4 Å². The number of rotatable bonds is 5. The summed E-state index contributed by atoms with van der Waals surface area (Å²) in [5.74, 6) is 2.09. The number of hydrogen-bond acceptors (Lipinski definition) is 2. The van der Waals surface area contributed by atoms with E-state index in [-0.39, 0.29) is 0 Å². The third-order valence-corrected chi connectivity index (χ3v) is 4.90. The van der Waals surface area contributed by atoms with E-state index < -0.39 is 0 Å². The maximum Gasteiger partial charge on any atom is 0.0406 e. The third-order valence-electron chi connectivity index (χ3n) is 3.60. The van der Waals surface area contributed by atoms with Gasteiger partial charge in [-0.2, -0.15) is 0 Å². The molecule has 1 N–H and O–H groups in total. The molecule has 1 nitrogen and oxygen atoms in total. The molecule has 0 saturated heterocycles. The van der Waals surface area contributed by atoms with Crippen LogP contribution in [0.1, 0.15) is 25.7 Å². The second kappa shape index (κ2) is 6.67. The molecule has 1 aromatic rings. The van der Waals surface area contributed by atoms with Gasteiger partial charge >= 0.3 is 0 Å². The topological polar surface area (TPSA) is 12.0 Å². The lowest BCUT2D eigenvalue weighted by molar-refractivity contribution is 0.417. The Balaban J connectivity index is 1.74. The van der Waals surface area contributed by atoms with Crippen LogP contribution in [0.15, 0.2) is 29.2 Å². The molecule has 94 valence electrons. The number of hydrogen-bond donors (Lipinski definition) is 1. The molecule has 0 heterocycles. The fourth-order valence-electron chi connectivity index (χ4n) is 2.62. The second-order valence-electron chi connectivity index (χ2n) is 4.68. The Labute approximate surface area is 113 Å². The molecule has 1 fully saturated rings. The average molecular weight is 270 g/mol. The Morgan fingerprint density at radius 2 is 2.06 bits per heavy atom. The highest BCUT2D eigenvalue weighted by atomic mass is 35.5. The SMILES string of the molecule is CNC1CCCC1CCSc1ccc(Cl)cc1. The molecule has 0 radical (unpaired) electrons. The van der Waals surface area contributed by atoms with Gasteiger partial charge in [0.05, 0.1) is 0 Å². The van der Waals surface area contributed by atoms with Crippen LogP contribution in [-0.4, -0.2) is 18.8 Å². The molecule has 3 heteroatoms. The van der Waals surface area contributed by atoms with Crippen molar-refractivity contribution in [3.8, 4) is 0 Å². The molecular weight excluding hydrogens is 250 g/mol. The summed E-state index contributed by atoms with van der Waals surface area (Å²) in [6.45, 7) is 0. The highest BCUT2D eigenvalue weighted by molar-refractivity contribution is 7.99. The summed E-state index contributed by atoms with van der Waals surface area (Å²) in [5, 5.41) is 4.26. The van der Waals surface area contributed by atoms with Crippen molar-refractivity contribution in [3.63, 3.8) is 0 Å². The van der Waals surface area contributed by atoms with Crippen LogP contribution in [-0.2, 0) is 0 Å². The highest BCUT2D eigenvalue weighted by Gasteiger charge is 2.24. The van der Waals surface area contributed by atoms with E-state index in [1.807, 2.05) is 23.9 Å². The Morgan fingerprint density at radius 3 is 2.76 bits per heavy atom. The maximum atomic E-state index is 5.87. The van der Waals surface area contributed by atoms with Crippen molar-refractivity contribution in [1.29, 1.82) is 0 Å². The molecule has 0 amide bonds. The van der Waals surface area contributed by atoms with Gasteiger partial charge in [0.1, 0.15) is 0 Å². The number of thioether (sulfide) groups is 1. The second-order valence-corrected chi connectivity index (χ2v) is 6.28. The van der Waals surface area contributed by atoms with Gasteiger partial charge in [-0.15, -0.1) is 11.8 Å². The maximum absolute atomic E-state index is 5.87. The van der Waals surface area contributed by atoms with Crippen molar-refractivity contribution in [2.24, 2.45) is 5.92 Å². The van der Waals surface area contributed by atoms with E-state index in [0.717, 1.165) is 17.0 Å². The van der Waals surface area contributed by atoms with E-state index in [9.17, 15) is 0 Å². The van der Waals surface area contributed by atoms with Crippen molar-refractivity contribution in [2.75, 3.05) is 12.8 Å². The van der Waals surface area contributed by atoms with Gasteiger partial charge < -0.3 is 5.32 Å². The molecule has 2 rings (SSSR count). The molecule has 2 atom stereocenters. The largest absolute Gasteiger partial charge is 0.317 e. The lowest BCUT2D eigenvalue weighted by Gasteiger charge is -2.18. The summed E-state index contributed by atoms with van der Waals surface area (Å²) < 4.78 is 0. The summed E-state index contributed by atoms with van der Waals surface area (Å²) in [4.78, 5) is 1.33. The standard InChI is InChI=1S/C14H20ClNS/c1-16-14-4-2-3-11(14)9-10-17-13-7-5-12(15)6-8-13/h5-8,11,14,16H,2-4,9-10H2,1H3. The van der Waals surface area contributed by atoms with Gasteiger partial charge in [-0.05, 0) is 62.2 Å². The van der Waals surface area contributed by atoms with E-state index in [4.69, 9.17) is 11.6 Å². The normalized spacial score (nSPS) is 24.1. The van der Waals surface area contributed by atoms with Crippen LogP contribution in [0.2, 0.25) is 5.02 Å². The fraction of sp³-hybridized carbons (Fsp3) is 0.571. The summed E-state index contributed by atoms with van der Waals surface area (Å²) in [7, 11) is 2.09. The summed E-state index contributed by atoms with van der Waals surface area (Å²) in [5.41, 5.74) is 0. The number of nitrogens with one attached hydrogen (secondary N) is 1. The van der Waals surface area contributed by atoms with Crippen LogP contribution in [0.5, 0.6) is 0 Å². The monoisotopic (exact) mass is 269 g/mol. The van der Waals surface area contributed by atoms with Gasteiger partial charge in [-0.25, -0.2) is 0 Å². The minimum absolute atomic E-state index is 0.751. The Kier molecular flexibility index (Phi) is 5.20. The quantitative estimate of drug-likeness (QED) is 0.804. The lowest BCUT2D eigenvalue weighted by atomic mass is 10.0. The molecule has 0 bridgehead atoms. The van der Waals surface area contributed by atoms with E-state index in [1.165, 1.54) is 36.3 Å². The van der Waals surface area contributed by atoms with Gasteiger partial charge in [0.2, 0.25) is 0 Å². The van der Waals surface area contributed by atoms with Crippen LogP contribution >= 0.6 is 23.4 Å². The van der Waals surface area contributed by atoms with Gasteiger partial charge in [-0.3, -0.25) is 0 Å². The smallest absolute Gasteiger partial charge is 0.0406 e. The van der Waals surface area contributed by atoms with E-state index in [2.05, 4.69) is 24.5 Å². The van der Waals surface area contributed by atoms with Crippen LogP contribution < -0.4 is 5.32 Å². The van der Waals surface area contributed by atoms with Crippen LogP contribution in [0, 0.1) is 5.92 Å². The molecule has 1 aromatic carbocycles. The predicted molar refractivity (Wildman–Crippen MR) is 77.0 cm³/mol. The zero-order valence-electron chi connectivity index (χ0n) is 10.3. The van der Waals surface area contributed by atoms with Crippen molar-refractivity contribution < 1.29 is 0 Å². The van der Waals surface area contributed by atoms with Crippen LogP contribution in [0.25, 0.3) is 0 Å². The first-order chi connectivity index (χ1) is 8.29. The summed E-state index contributed by atoms with van der Waals surface area (Å²) >= 11 is 7.81. The highest BCUT2D eigenvalue weighted by Crippen LogP contribution is 2.30. The van der Waals surface area contributed by atoms with Crippen LogP contribution in [0.4, 0.5) is 0 Å². The molecule has 1 aliphatic rings. The zero-order chi connectivity index (χ0) is 12.1. The van der Waals surface area contributed by atoms with E-state index >= 15 is 0 Å². The van der Waals surface area contributed by atoms with E-state index in [0.29, 0.717) is 0 Å². The molecule has 2 unspecified atom stereocenters. The lowest BCUT2D eigenvalue weighted by Crippen LogP contribution is -2.29. The minimum Gasteiger partial charge on any atom is -0.317 e. The van der Waals surface area contributed by atoms with E-state index in [1.54, 1.807) is 0 Å². The number of benzene rings is 1. The van der Waals surface area contributed by atoms with Gasteiger partial charge in [0.15, 0.2) is 0 Å². The first kappa shape index (κ1) is 13.3. The molecule has 1 aliphatic carbocycles. The first-order valence-electron chi connectivity index (χ1n) is 6.35. The number of halogens is 1. The third kappa shape index (κ3) is 3.90. The molecule has 1 saturated carbocycles. The Morgan fingerprint density at radius 1 is 1.29 bits per heavy atom. The van der Waals surface area contributed by atoms with Crippen molar-refractivity contribution in [3.05, 3.63) is 29.3 Å². The molecule has 0 aliphatic heterocycles. The average Bonchev–Trinajstić information content (AvgIpc) is 2.79. The zero-order valence-corrected chi connectivity index (χ0v) is 11.9. The molecule has 0 spiro atoms. The predicted octanol–water partition coefficient (Wildman–Crippen LogP) is 4.21. The first-order valence-corrected chi connectivity index (χ1v) is 7.71. The Bertz CT molecular complexity index is 339. The molecule has 17 heavy (non-hydrogen) atoms. The van der Waals surface area contributed by atoms with Crippen molar-refractivity contribution in [1.82, 2.24) is 5.32 Å². The van der Waals surface area contributed by atoms with Gasteiger partial charge in [0.25, 0.3) is 0 Å². The fourth-order valence-corrected chi connectivity index (χ4v) is 3.73. The summed E-state index contributed by atoms with van der Waals surface area (Å²) in [6, 6.07) is 8.90.